The maximum Gasteiger partial charge on any atom is 0.254 e. The Bertz CT molecular complexity index is 873. The van der Waals surface area contributed by atoms with Gasteiger partial charge in [-0.25, -0.2) is 14.4 Å². The van der Waals surface area contributed by atoms with Crippen LogP contribution < -0.4 is 5.32 Å². The molecule has 1 aromatic carbocycles. The number of nitrogens with zero attached hydrogens (tertiary/aromatic N) is 3. The number of carbonyl (C=O) groups excluding carboxylic acids is 2. The molecule has 0 radical (unpaired) electrons. The second-order valence-corrected chi connectivity index (χ2v) is 7.15. The molecule has 3 rings (SSSR count). The van der Waals surface area contributed by atoms with Gasteiger partial charge in [0.05, 0.1) is 11.3 Å². The lowest BCUT2D eigenvalue weighted by Gasteiger charge is -2.32. The average Bonchev–Trinajstić information content (AvgIpc) is 2.73. The fourth-order valence-corrected chi connectivity index (χ4v) is 3.41. The van der Waals surface area contributed by atoms with Gasteiger partial charge in [0.15, 0.2) is 0 Å². The number of methoxy groups -OCH3 is 1. The molecule has 1 N–H and O–H groups in total. The Labute approximate surface area is 169 Å². The van der Waals surface area contributed by atoms with Crippen molar-refractivity contribution in [1.82, 2.24) is 20.2 Å². The molecule has 1 fully saturated rings. The molecule has 0 unspecified atom stereocenters. The monoisotopic (exact) mass is 400 g/mol. The highest BCUT2D eigenvalue weighted by atomic mass is 19.1. The van der Waals surface area contributed by atoms with Crippen molar-refractivity contribution in [3.63, 3.8) is 0 Å². The number of likely N-dealkylation sites (tertiary alicyclic amines) is 1. The molecule has 2 aromatic rings. The Kier molecular flexibility index (Phi) is 6.87. The molecule has 1 aliphatic heterocycles. The third-order valence-electron chi connectivity index (χ3n) is 5.02. The van der Waals surface area contributed by atoms with Crippen molar-refractivity contribution in [3.8, 4) is 0 Å². The highest BCUT2D eigenvalue weighted by Gasteiger charge is 2.27. The number of hydrogen-bond acceptors (Lipinski definition) is 5. The topological polar surface area (TPSA) is 84.4 Å². The van der Waals surface area contributed by atoms with E-state index in [1.807, 2.05) is 0 Å². The van der Waals surface area contributed by atoms with Crippen molar-refractivity contribution in [2.24, 2.45) is 0 Å². The number of hydrogen-bond donors (Lipinski definition) is 1. The molecule has 0 spiro atoms. The number of halogens is 1. The number of aryl methyl sites for hydroxylation is 1. The van der Waals surface area contributed by atoms with Crippen molar-refractivity contribution in [2.45, 2.75) is 32.2 Å². The van der Waals surface area contributed by atoms with E-state index in [4.69, 9.17) is 4.74 Å². The van der Waals surface area contributed by atoms with Gasteiger partial charge < -0.3 is 15.0 Å². The van der Waals surface area contributed by atoms with E-state index in [2.05, 4.69) is 15.3 Å². The first-order valence-corrected chi connectivity index (χ1v) is 9.61. The van der Waals surface area contributed by atoms with Gasteiger partial charge in [0, 0.05) is 38.9 Å². The number of carbonyl (C=O) groups is 2. The highest BCUT2D eigenvalue weighted by molar-refractivity contribution is 5.94. The van der Waals surface area contributed by atoms with Crippen LogP contribution >= 0.6 is 0 Å². The molecule has 0 bridgehead atoms. The third kappa shape index (κ3) is 5.35. The van der Waals surface area contributed by atoms with E-state index in [1.165, 1.54) is 25.4 Å². The lowest BCUT2D eigenvalue weighted by Crippen LogP contribution is -2.41. The molecule has 1 saturated heterocycles. The predicted octanol–water partition coefficient (Wildman–Crippen LogP) is 2.21. The Morgan fingerprint density at radius 2 is 2.07 bits per heavy atom. The van der Waals surface area contributed by atoms with Gasteiger partial charge in [-0.2, -0.15) is 0 Å². The maximum absolute atomic E-state index is 13.0. The molecule has 1 aliphatic rings. The number of rotatable bonds is 6. The molecule has 8 heteroatoms. The van der Waals surface area contributed by atoms with Gasteiger partial charge >= 0.3 is 0 Å². The molecule has 7 nitrogen and oxygen atoms in total. The quantitative estimate of drug-likeness (QED) is 0.804. The number of aromatic nitrogens is 2. The molecule has 1 aromatic heterocycles. The van der Waals surface area contributed by atoms with Crippen LogP contribution in [-0.4, -0.2) is 53.5 Å². The molecular weight excluding hydrogens is 375 g/mol. The van der Waals surface area contributed by atoms with Crippen LogP contribution in [0.2, 0.25) is 0 Å². The molecule has 1 atom stereocenters. The van der Waals surface area contributed by atoms with Gasteiger partial charge in [0.25, 0.3) is 5.91 Å². The van der Waals surface area contributed by atoms with E-state index in [0.717, 1.165) is 18.4 Å². The third-order valence-corrected chi connectivity index (χ3v) is 5.02. The van der Waals surface area contributed by atoms with Crippen molar-refractivity contribution in [2.75, 3.05) is 26.8 Å². The summed E-state index contributed by atoms with van der Waals surface area (Å²) in [6.45, 7) is 3.40. The lowest BCUT2D eigenvalue weighted by atomic mass is 9.97. The molecule has 0 saturated carbocycles. The van der Waals surface area contributed by atoms with Gasteiger partial charge in [0.1, 0.15) is 18.2 Å². The SMILES string of the molecule is COCC(=O)N1CCC[C@H](c2ncc(C(=O)NCc3ccc(F)cc3)c(C)n2)C1. The van der Waals surface area contributed by atoms with Crippen LogP contribution in [0.1, 0.15) is 46.2 Å². The second kappa shape index (κ2) is 9.56. The maximum atomic E-state index is 13.0. The fourth-order valence-electron chi connectivity index (χ4n) is 3.41. The minimum atomic E-state index is -0.315. The molecule has 154 valence electrons. The van der Waals surface area contributed by atoms with E-state index in [0.29, 0.717) is 36.7 Å². The largest absolute Gasteiger partial charge is 0.375 e. The fraction of sp³-hybridized carbons (Fsp3) is 0.429. The summed E-state index contributed by atoms with van der Waals surface area (Å²) in [6.07, 6.45) is 3.31. The van der Waals surface area contributed by atoms with Crippen LogP contribution in [0, 0.1) is 12.7 Å². The molecule has 2 heterocycles. The summed E-state index contributed by atoms with van der Waals surface area (Å²) < 4.78 is 17.9. The summed E-state index contributed by atoms with van der Waals surface area (Å²) >= 11 is 0. The van der Waals surface area contributed by atoms with Crippen LogP contribution in [-0.2, 0) is 16.1 Å². The van der Waals surface area contributed by atoms with Crippen LogP contribution in [0.25, 0.3) is 0 Å². The van der Waals surface area contributed by atoms with E-state index in [9.17, 15) is 14.0 Å². The van der Waals surface area contributed by atoms with Gasteiger partial charge in [-0.3, -0.25) is 9.59 Å². The average molecular weight is 400 g/mol. The van der Waals surface area contributed by atoms with Gasteiger partial charge in [-0.15, -0.1) is 0 Å². The lowest BCUT2D eigenvalue weighted by molar-refractivity contribution is -0.136. The Hall–Kier alpha value is -2.87. The van der Waals surface area contributed by atoms with E-state index in [-0.39, 0.29) is 30.2 Å². The van der Waals surface area contributed by atoms with Crippen LogP contribution in [0.4, 0.5) is 4.39 Å². The smallest absolute Gasteiger partial charge is 0.254 e. The second-order valence-electron chi connectivity index (χ2n) is 7.15. The minimum Gasteiger partial charge on any atom is -0.375 e. The van der Waals surface area contributed by atoms with Crippen molar-refractivity contribution >= 4 is 11.8 Å². The Morgan fingerprint density at radius 3 is 2.76 bits per heavy atom. The van der Waals surface area contributed by atoms with Crippen molar-refractivity contribution < 1.29 is 18.7 Å². The standard InChI is InChI=1S/C21H25FN4O3/c1-14-18(21(28)24-10-15-5-7-17(22)8-6-15)11-23-20(25-14)16-4-3-9-26(12-16)19(27)13-29-2/h5-8,11,16H,3-4,9-10,12-13H2,1-2H3,(H,24,28)/t16-/m0/s1. The highest BCUT2D eigenvalue weighted by Crippen LogP contribution is 2.25. The Balaban J connectivity index is 1.63. The van der Waals surface area contributed by atoms with E-state index < -0.39 is 0 Å². The van der Waals surface area contributed by atoms with Crippen LogP contribution in [0.3, 0.4) is 0 Å². The zero-order valence-corrected chi connectivity index (χ0v) is 16.7. The molecule has 2 amide bonds. The molecule has 29 heavy (non-hydrogen) atoms. The van der Waals surface area contributed by atoms with Crippen LogP contribution in [0.5, 0.6) is 0 Å². The summed E-state index contributed by atoms with van der Waals surface area (Å²) in [6, 6.07) is 5.97. The summed E-state index contributed by atoms with van der Waals surface area (Å²) in [4.78, 5) is 35.3. The minimum absolute atomic E-state index is 0.0364. The van der Waals surface area contributed by atoms with Gasteiger partial charge in [-0.1, -0.05) is 12.1 Å². The number of benzene rings is 1. The first-order chi connectivity index (χ1) is 14.0. The number of piperidine rings is 1. The summed E-state index contributed by atoms with van der Waals surface area (Å²) in [7, 11) is 1.51. The van der Waals surface area contributed by atoms with Crippen molar-refractivity contribution in [1.29, 1.82) is 0 Å². The summed E-state index contributed by atoms with van der Waals surface area (Å²) in [5.74, 6) is 0.0572. The number of amides is 2. The zero-order chi connectivity index (χ0) is 20.8. The number of ether oxygens (including phenoxy) is 1. The Morgan fingerprint density at radius 1 is 1.31 bits per heavy atom. The van der Waals surface area contributed by atoms with E-state index >= 15 is 0 Å². The van der Waals surface area contributed by atoms with E-state index in [1.54, 1.807) is 24.0 Å². The number of nitrogens with one attached hydrogen (secondary N) is 1. The first kappa shape index (κ1) is 20.9. The van der Waals surface area contributed by atoms with Crippen molar-refractivity contribution in [3.05, 3.63) is 58.9 Å². The predicted molar refractivity (Wildman–Crippen MR) is 105 cm³/mol. The van der Waals surface area contributed by atoms with Gasteiger partial charge in [0.2, 0.25) is 5.91 Å². The summed E-state index contributed by atoms with van der Waals surface area (Å²) in [5.41, 5.74) is 1.80. The normalized spacial score (nSPS) is 16.5. The first-order valence-electron chi connectivity index (χ1n) is 9.61. The zero-order valence-electron chi connectivity index (χ0n) is 16.7. The summed E-state index contributed by atoms with van der Waals surface area (Å²) in [5, 5.41) is 2.80. The van der Waals surface area contributed by atoms with Crippen LogP contribution in [0.15, 0.2) is 30.5 Å². The molecule has 0 aliphatic carbocycles. The molecular formula is C21H25FN4O3. The van der Waals surface area contributed by atoms with Gasteiger partial charge in [-0.05, 0) is 37.5 Å².